The van der Waals surface area contributed by atoms with Crippen molar-refractivity contribution in [3.05, 3.63) is 57.1 Å². The van der Waals surface area contributed by atoms with Crippen molar-refractivity contribution in [2.24, 2.45) is 0 Å². The third-order valence-electron chi connectivity index (χ3n) is 7.85. The highest BCUT2D eigenvalue weighted by molar-refractivity contribution is 5.79. The van der Waals surface area contributed by atoms with Crippen molar-refractivity contribution in [1.82, 2.24) is 19.6 Å². The second-order valence-electron chi connectivity index (χ2n) is 10.4. The van der Waals surface area contributed by atoms with Gasteiger partial charge in [-0.25, -0.2) is 9.37 Å². The Balaban J connectivity index is 1.17. The second kappa shape index (κ2) is 11.7. The van der Waals surface area contributed by atoms with Crippen LogP contribution in [0.2, 0.25) is 0 Å². The number of hydrogen-bond acceptors (Lipinski definition) is 7. The number of hydrogen-bond donors (Lipinski definition) is 1. The van der Waals surface area contributed by atoms with Crippen molar-refractivity contribution in [3.63, 3.8) is 0 Å². The molecule has 3 aromatic rings. The lowest BCUT2D eigenvalue weighted by atomic mass is 9.91. The molecule has 1 unspecified atom stereocenters. The fourth-order valence-corrected chi connectivity index (χ4v) is 5.72. The van der Waals surface area contributed by atoms with Crippen LogP contribution in [-0.4, -0.2) is 56.9 Å². The number of carboxylic acids is 1. The number of halogens is 1. The first-order valence-electron chi connectivity index (χ1n) is 13.6. The number of carbonyl (C=O) groups is 1. The molecule has 0 saturated carbocycles. The summed E-state index contributed by atoms with van der Waals surface area (Å²) in [6, 6.07) is 4.57. The van der Waals surface area contributed by atoms with E-state index in [1.54, 1.807) is 10.6 Å². The number of aryl methyl sites for hydroxylation is 1. The Hall–Kier alpha value is -3.11. The molecule has 0 radical (unpaired) electrons. The van der Waals surface area contributed by atoms with E-state index >= 15 is 0 Å². The minimum absolute atomic E-state index is 0.0304. The fraction of sp³-hybridized carbons (Fsp3) is 0.571. The zero-order valence-corrected chi connectivity index (χ0v) is 21.8. The van der Waals surface area contributed by atoms with Crippen LogP contribution in [0.5, 0.6) is 0 Å². The van der Waals surface area contributed by atoms with Gasteiger partial charge in [0.05, 0.1) is 5.69 Å². The van der Waals surface area contributed by atoms with E-state index in [0.717, 1.165) is 67.7 Å². The molecule has 204 valence electrons. The number of rotatable bonds is 10. The van der Waals surface area contributed by atoms with Gasteiger partial charge < -0.3 is 19.3 Å². The number of piperidine rings is 1. The molecule has 9 nitrogen and oxygen atoms in total. The second-order valence-corrected chi connectivity index (χ2v) is 10.4. The van der Waals surface area contributed by atoms with E-state index in [1.165, 1.54) is 12.1 Å². The highest BCUT2D eigenvalue weighted by atomic mass is 19.1. The minimum atomic E-state index is -0.796. The minimum Gasteiger partial charge on any atom is -0.481 e. The van der Waals surface area contributed by atoms with Crippen molar-refractivity contribution in [3.8, 4) is 0 Å². The van der Waals surface area contributed by atoms with E-state index in [1.807, 2.05) is 6.92 Å². The first kappa shape index (κ1) is 26.5. The summed E-state index contributed by atoms with van der Waals surface area (Å²) in [4.78, 5) is 31.3. The van der Waals surface area contributed by atoms with Gasteiger partial charge >= 0.3 is 5.97 Å². The lowest BCUT2D eigenvalue weighted by Crippen LogP contribution is -2.38. The van der Waals surface area contributed by atoms with Gasteiger partial charge in [0, 0.05) is 54.7 Å². The number of unbranched alkanes of at least 4 members (excludes halogenated alkanes) is 1. The van der Waals surface area contributed by atoms with Crippen molar-refractivity contribution in [2.75, 3.05) is 26.2 Å². The van der Waals surface area contributed by atoms with Gasteiger partial charge in [-0.1, -0.05) is 5.16 Å². The summed E-state index contributed by atoms with van der Waals surface area (Å²) in [6.45, 7) is 5.60. The van der Waals surface area contributed by atoms with Gasteiger partial charge in [-0.15, -0.1) is 0 Å². The molecule has 5 rings (SSSR count). The Kier molecular flexibility index (Phi) is 8.18. The molecule has 1 aromatic carbocycles. The molecular formula is C28H35FN4O5. The molecule has 1 N–H and O–H groups in total. The van der Waals surface area contributed by atoms with E-state index in [2.05, 4.69) is 10.1 Å². The summed E-state index contributed by atoms with van der Waals surface area (Å²) in [7, 11) is 0. The van der Waals surface area contributed by atoms with Crippen molar-refractivity contribution in [2.45, 2.75) is 76.9 Å². The lowest BCUT2D eigenvalue weighted by Gasteiger charge is -2.31. The fourth-order valence-electron chi connectivity index (χ4n) is 5.72. The summed E-state index contributed by atoms with van der Waals surface area (Å²) in [5.41, 5.74) is 2.96. The SMILES string of the molecule is Cc1nc2n(c(=O)c1CCN1CCC(c3noc4cc(F)ccc34)CC1)CCCC2OCCCCC(=O)O. The monoisotopic (exact) mass is 526 g/mol. The molecule has 0 bridgehead atoms. The number of carboxylic acid groups (broad SMARTS) is 1. The van der Waals surface area contributed by atoms with Crippen molar-refractivity contribution < 1.29 is 23.6 Å². The number of likely N-dealkylation sites (tertiary alicyclic amines) is 1. The van der Waals surface area contributed by atoms with Gasteiger partial charge in [0.25, 0.3) is 5.56 Å². The Morgan fingerprint density at radius 2 is 2.03 bits per heavy atom. The van der Waals surface area contributed by atoms with Gasteiger partial charge in [0.2, 0.25) is 0 Å². The Bertz CT molecular complexity index is 1340. The largest absolute Gasteiger partial charge is 0.481 e. The summed E-state index contributed by atoms with van der Waals surface area (Å²) in [6.07, 6.45) is 5.35. The maximum Gasteiger partial charge on any atom is 0.303 e. The van der Waals surface area contributed by atoms with Crippen LogP contribution >= 0.6 is 0 Å². The molecule has 1 fully saturated rings. The van der Waals surface area contributed by atoms with Gasteiger partial charge in [-0.05, 0) is 77.1 Å². The van der Waals surface area contributed by atoms with Crippen molar-refractivity contribution in [1.29, 1.82) is 0 Å². The first-order valence-corrected chi connectivity index (χ1v) is 13.6. The highest BCUT2D eigenvalue weighted by Crippen LogP contribution is 2.33. The zero-order chi connectivity index (χ0) is 26.6. The van der Waals surface area contributed by atoms with Gasteiger partial charge in [-0.3, -0.25) is 14.2 Å². The van der Waals surface area contributed by atoms with E-state index in [4.69, 9.17) is 19.4 Å². The van der Waals surface area contributed by atoms with Crippen molar-refractivity contribution >= 4 is 16.9 Å². The van der Waals surface area contributed by atoms with E-state index in [0.29, 0.717) is 43.8 Å². The Morgan fingerprint density at radius 3 is 2.82 bits per heavy atom. The molecule has 0 aliphatic carbocycles. The maximum atomic E-state index is 13.5. The number of nitrogens with zero attached hydrogens (tertiary/aromatic N) is 4. The van der Waals surface area contributed by atoms with E-state index in [9.17, 15) is 14.0 Å². The average molecular weight is 527 g/mol. The summed E-state index contributed by atoms with van der Waals surface area (Å²) in [5.74, 6) is -0.151. The normalized spacial score (nSPS) is 18.6. The van der Waals surface area contributed by atoms with Crippen LogP contribution in [0.15, 0.2) is 27.5 Å². The molecule has 2 aliphatic rings. The molecule has 4 heterocycles. The topological polar surface area (TPSA) is 111 Å². The number of fused-ring (bicyclic) bond motifs is 2. The van der Waals surface area contributed by atoms with Crippen LogP contribution in [0.3, 0.4) is 0 Å². The van der Waals surface area contributed by atoms with Gasteiger partial charge in [0.1, 0.15) is 17.7 Å². The molecule has 10 heteroatoms. The molecule has 2 aromatic heterocycles. The van der Waals surface area contributed by atoms with E-state index < -0.39 is 5.97 Å². The lowest BCUT2D eigenvalue weighted by molar-refractivity contribution is -0.137. The van der Waals surface area contributed by atoms with Crippen LogP contribution in [-0.2, 0) is 22.5 Å². The standard InChI is InChI=1S/C28H35FN4O5/c1-18-21(28(36)33-12-4-5-23(27(33)30-18)37-16-3-2-6-25(34)35)11-15-32-13-9-19(10-14-32)26-22-8-7-20(29)17-24(22)38-31-26/h7-8,17,19,23H,2-6,9-16H2,1H3,(H,34,35). The van der Waals surface area contributed by atoms with Gasteiger partial charge in [0.15, 0.2) is 5.58 Å². The highest BCUT2D eigenvalue weighted by Gasteiger charge is 2.28. The van der Waals surface area contributed by atoms with Crippen LogP contribution in [0, 0.1) is 12.7 Å². The van der Waals surface area contributed by atoms with Crippen LogP contribution in [0.4, 0.5) is 4.39 Å². The molecular weight excluding hydrogens is 491 g/mol. The predicted octanol–water partition coefficient (Wildman–Crippen LogP) is 4.36. The number of ether oxygens (including phenoxy) is 1. The maximum absolute atomic E-state index is 13.5. The molecule has 38 heavy (non-hydrogen) atoms. The quantitative estimate of drug-likeness (QED) is 0.388. The Labute approximate surface area is 220 Å². The summed E-state index contributed by atoms with van der Waals surface area (Å²) >= 11 is 0. The number of benzene rings is 1. The smallest absolute Gasteiger partial charge is 0.303 e. The first-order chi connectivity index (χ1) is 18.4. The van der Waals surface area contributed by atoms with Crippen LogP contribution < -0.4 is 5.56 Å². The van der Waals surface area contributed by atoms with Gasteiger partial charge in [-0.2, -0.15) is 0 Å². The van der Waals surface area contributed by atoms with E-state index in [-0.39, 0.29) is 29.8 Å². The summed E-state index contributed by atoms with van der Waals surface area (Å²) in [5, 5.41) is 13.9. The summed E-state index contributed by atoms with van der Waals surface area (Å²) < 4.78 is 26.6. The molecule has 0 spiro atoms. The van der Waals surface area contributed by atoms with Crippen LogP contribution in [0.1, 0.15) is 79.7 Å². The number of aliphatic carboxylic acids is 1. The predicted molar refractivity (Wildman–Crippen MR) is 139 cm³/mol. The molecule has 1 saturated heterocycles. The zero-order valence-electron chi connectivity index (χ0n) is 21.8. The molecule has 0 amide bonds. The molecule has 2 aliphatic heterocycles. The number of aromatic nitrogens is 3. The average Bonchev–Trinajstić information content (AvgIpc) is 3.32. The van der Waals surface area contributed by atoms with Crippen LogP contribution in [0.25, 0.3) is 11.0 Å². The third-order valence-corrected chi connectivity index (χ3v) is 7.85. The third kappa shape index (κ3) is 5.81. The molecule has 1 atom stereocenters. The Morgan fingerprint density at radius 1 is 1.21 bits per heavy atom.